The van der Waals surface area contributed by atoms with Crippen molar-refractivity contribution in [3.63, 3.8) is 0 Å². The first kappa shape index (κ1) is 7.45. The normalized spacial score (nSPS) is 30.2. The molecule has 0 amide bonds. The molecule has 7 heteroatoms. The Labute approximate surface area is 57.1 Å². The van der Waals surface area contributed by atoms with Gasteiger partial charge in [0.25, 0.3) is 0 Å². The maximum Gasteiger partial charge on any atom is 0.336 e. The molecule has 0 bridgehead atoms. The third-order valence-electron chi connectivity index (χ3n) is 0.975. The van der Waals surface area contributed by atoms with Gasteiger partial charge < -0.3 is 5.11 Å². The van der Waals surface area contributed by atoms with Crippen LogP contribution in [0.4, 0.5) is 0 Å². The maximum atomic E-state index is 10.3. The summed E-state index contributed by atoms with van der Waals surface area (Å²) in [6, 6.07) is -1.13. The van der Waals surface area contributed by atoms with Crippen LogP contribution in [0.3, 0.4) is 0 Å². The van der Waals surface area contributed by atoms with Crippen LogP contribution in [0.15, 0.2) is 0 Å². The van der Waals surface area contributed by atoms with Crippen LogP contribution in [0.25, 0.3) is 0 Å². The van der Waals surface area contributed by atoms with Crippen LogP contribution in [0, 0.1) is 0 Å². The van der Waals surface area contributed by atoms with Crippen molar-refractivity contribution in [2.45, 2.75) is 6.04 Å². The van der Waals surface area contributed by atoms with Crippen molar-refractivity contribution in [2.24, 2.45) is 0 Å². The zero-order valence-electron chi connectivity index (χ0n) is 4.77. The van der Waals surface area contributed by atoms with Gasteiger partial charge in [-0.05, 0) is 0 Å². The van der Waals surface area contributed by atoms with Crippen LogP contribution in [-0.4, -0.2) is 32.1 Å². The first-order valence-corrected chi connectivity index (χ1v) is 3.81. The second-order valence-electron chi connectivity index (χ2n) is 1.75. The molecule has 0 saturated carbocycles. The average molecular weight is 167 g/mol. The van der Waals surface area contributed by atoms with Gasteiger partial charge in [-0.1, -0.05) is 0 Å². The lowest BCUT2D eigenvalue weighted by Crippen LogP contribution is -2.34. The molecule has 0 radical (unpaired) electrons. The highest BCUT2D eigenvalue weighted by molar-refractivity contribution is 7.85. The van der Waals surface area contributed by atoms with E-state index in [4.69, 9.17) is 5.11 Å². The van der Waals surface area contributed by atoms with E-state index >= 15 is 0 Å². The molecule has 1 unspecified atom stereocenters. The van der Waals surface area contributed by atoms with Gasteiger partial charge in [0, 0.05) is 0 Å². The van der Waals surface area contributed by atoms with E-state index in [1.807, 2.05) is 0 Å². The number of hydrogen-bond donors (Lipinski definition) is 2. The number of nitrogens with one attached hydrogen (secondary N) is 1. The van der Waals surface area contributed by atoms with Gasteiger partial charge in [0.05, 0.1) is 6.61 Å². The predicted octanol–water partition coefficient (Wildman–Crippen LogP) is -1.70. The average Bonchev–Trinajstić information content (AvgIpc) is 2.10. The molecular weight excluding hydrogens is 162 g/mol. The van der Waals surface area contributed by atoms with E-state index in [1.165, 1.54) is 0 Å². The van der Waals surface area contributed by atoms with Gasteiger partial charge in [-0.3, -0.25) is 8.98 Å². The monoisotopic (exact) mass is 167 g/mol. The molecule has 2 N–H and O–H groups in total. The Morgan fingerprint density at radius 3 is 2.50 bits per heavy atom. The summed E-state index contributed by atoms with van der Waals surface area (Å²) >= 11 is 0. The molecule has 0 aromatic carbocycles. The van der Waals surface area contributed by atoms with Gasteiger partial charge in [-0.2, -0.15) is 13.1 Å². The van der Waals surface area contributed by atoms with Crippen LogP contribution < -0.4 is 4.72 Å². The van der Waals surface area contributed by atoms with Gasteiger partial charge in [0.2, 0.25) is 0 Å². The molecule has 1 aliphatic heterocycles. The maximum absolute atomic E-state index is 10.3. The van der Waals surface area contributed by atoms with E-state index in [9.17, 15) is 13.2 Å². The number of carbonyl (C=O) groups is 1. The molecule has 1 rings (SSSR count). The van der Waals surface area contributed by atoms with Crippen LogP contribution in [0.1, 0.15) is 0 Å². The fourth-order valence-corrected chi connectivity index (χ4v) is 1.42. The highest BCUT2D eigenvalue weighted by Gasteiger charge is 2.32. The molecule has 1 atom stereocenters. The molecule has 0 spiro atoms. The highest BCUT2D eigenvalue weighted by atomic mass is 32.2. The summed E-state index contributed by atoms with van der Waals surface area (Å²) < 4.78 is 26.6. The Balaban J connectivity index is 2.69. The summed E-state index contributed by atoms with van der Waals surface area (Å²) in [4.78, 5) is 10.1. The van der Waals surface area contributed by atoms with Crippen molar-refractivity contribution in [2.75, 3.05) is 6.61 Å². The van der Waals surface area contributed by atoms with Crippen molar-refractivity contribution in [3.05, 3.63) is 0 Å². The fraction of sp³-hybridized carbons (Fsp3) is 0.667. The zero-order valence-corrected chi connectivity index (χ0v) is 5.59. The highest BCUT2D eigenvalue weighted by Crippen LogP contribution is 2.02. The van der Waals surface area contributed by atoms with Crippen molar-refractivity contribution >= 4 is 16.3 Å². The molecule has 0 aliphatic carbocycles. The Kier molecular flexibility index (Phi) is 1.63. The van der Waals surface area contributed by atoms with E-state index in [1.54, 1.807) is 4.72 Å². The van der Waals surface area contributed by atoms with Crippen molar-refractivity contribution < 1.29 is 22.5 Å². The van der Waals surface area contributed by atoms with Crippen molar-refractivity contribution in [3.8, 4) is 0 Å². The smallest absolute Gasteiger partial charge is 0.336 e. The zero-order chi connectivity index (χ0) is 7.78. The van der Waals surface area contributed by atoms with Crippen LogP contribution >= 0.6 is 0 Å². The minimum absolute atomic E-state index is 0.336. The topological polar surface area (TPSA) is 92.7 Å². The molecular formula is C3H5NO5S. The Morgan fingerprint density at radius 1 is 1.70 bits per heavy atom. The minimum atomic E-state index is -3.77. The number of aliphatic carboxylic acids is 1. The molecule has 10 heavy (non-hydrogen) atoms. The molecule has 0 aromatic heterocycles. The van der Waals surface area contributed by atoms with Crippen LogP contribution in [-0.2, 0) is 19.3 Å². The summed E-state index contributed by atoms with van der Waals surface area (Å²) in [5.74, 6) is -1.24. The standard InChI is InChI=1S/C3H5NO5S/c5-3(6)2-1-9-10(7,8)4-2/h2,4H,1H2,(H,5,6). The molecule has 58 valence electrons. The number of hydrogen-bond acceptors (Lipinski definition) is 4. The van der Waals surface area contributed by atoms with E-state index in [0.717, 1.165) is 0 Å². The molecule has 1 fully saturated rings. The third kappa shape index (κ3) is 1.43. The number of carboxylic acid groups (broad SMARTS) is 1. The van der Waals surface area contributed by atoms with E-state index in [0.29, 0.717) is 0 Å². The summed E-state index contributed by atoms with van der Waals surface area (Å²) in [6.45, 7) is -0.336. The van der Waals surface area contributed by atoms with E-state index in [2.05, 4.69) is 4.18 Å². The fourth-order valence-electron chi connectivity index (χ4n) is 0.522. The number of carboxylic acids is 1. The summed E-state index contributed by atoms with van der Waals surface area (Å²) in [6.07, 6.45) is 0. The van der Waals surface area contributed by atoms with Crippen LogP contribution in [0.2, 0.25) is 0 Å². The number of rotatable bonds is 1. The van der Waals surface area contributed by atoms with Gasteiger partial charge in [-0.15, -0.1) is 0 Å². The first-order chi connectivity index (χ1) is 4.51. The Bertz CT molecular complexity index is 244. The van der Waals surface area contributed by atoms with Gasteiger partial charge in [0.1, 0.15) is 6.04 Å². The summed E-state index contributed by atoms with van der Waals surface area (Å²) in [5.41, 5.74) is 0. The minimum Gasteiger partial charge on any atom is -0.480 e. The van der Waals surface area contributed by atoms with Gasteiger partial charge in [0.15, 0.2) is 0 Å². The quantitative estimate of drug-likeness (QED) is 0.485. The molecule has 6 nitrogen and oxygen atoms in total. The summed E-state index contributed by atoms with van der Waals surface area (Å²) in [7, 11) is -3.77. The Morgan fingerprint density at radius 2 is 2.30 bits per heavy atom. The first-order valence-electron chi connectivity index (χ1n) is 2.41. The molecule has 0 aromatic rings. The largest absolute Gasteiger partial charge is 0.480 e. The van der Waals surface area contributed by atoms with Crippen LogP contribution in [0.5, 0.6) is 0 Å². The van der Waals surface area contributed by atoms with Gasteiger partial charge in [-0.25, -0.2) is 0 Å². The van der Waals surface area contributed by atoms with E-state index in [-0.39, 0.29) is 6.61 Å². The second-order valence-corrected chi connectivity index (χ2v) is 3.13. The van der Waals surface area contributed by atoms with Crippen molar-refractivity contribution in [1.82, 2.24) is 4.72 Å². The molecule has 1 aliphatic rings. The molecule has 1 saturated heterocycles. The van der Waals surface area contributed by atoms with E-state index < -0.39 is 22.3 Å². The van der Waals surface area contributed by atoms with Crippen molar-refractivity contribution in [1.29, 1.82) is 0 Å². The Hall–Kier alpha value is -0.660. The van der Waals surface area contributed by atoms with Gasteiger partial charge >= 0.3 is 16.3 Å². The predicted molar refractivity (Wildman–Crippen MR) is 29.4 cm³/mol. The SMILES string of the molecule is O=C(O)C1COS(=O)(=O)N1. The summed E-state index contributed by atoms with van der Waals surface area (Å²) in [5, 5.41) is 8.24. The lowest BCUT2D eigenvalue weighted by atomic mass is 10.3. The third-order valence-corrected chi connectivity index (χ3v) is 1.99. The lowest BCUT2D eigenvalue weighted by molar-refractivity contribution is -0.139. The lowest BCUT2D eigenvalue weighted by Gasteiger charge is -1.95. The molecule has 1 heterocycles. The second kappa shape index (κ2) is 2.19.